The summed E-state index contributed by atoms with van der Waals surface area (Å²) in [5, 5.41) is 7.45. The Kier molecular flexibility index (Phi) is 4.90. The Hall–Kier alpha value is -3.95. The van der Waals surface area contributed by atoms with Crippen molar-refractivity contribution in [2.24, 2.45) is 0 Å². The molecule has 188 valence electrons. The highest BCUT2D eigenvalue weighted by Crippen LogP contribution is 2.43. The normalized spacial score (nSPS) is 12.5. The van der Waals surface area contributed by atoms with Gasteiger partial charge in [-0.1, -0.05) is 62.7 Å². The average molecular weight is 518 g/mol. The summed E-state index contributed by atoms with van der Waals surface area (Å²) in [7, 11) is 1.72. The number of aryl methyl sites for hydroxylation is 1. The lowest BCUT2D eigenvalue weighted by atomic mass is 9.86. The summed E-state index contributed by atoms with van der Waals surface area (Å²) in [6.07, 6.45) is 0. The first-order chi connectivity index (χ1) is 18.2. The topological polar surface area (TPSA) is 27.3 Å². The van der Waals surface area contributed by atoms with Crippen molar-refractivity contribution in [3.8, 4) is 11.4 Å². The van der Waals surface area contributed by atoms with Crippen LogP contribution in [0.3, 0.4) is 0 Å². The van der Waals surface area contributed by atoms with Crippen LogP contribution in [-0.4, -0.2) is 11.7 Å². The van der Waals surface area contributed by atoms with Gasteiger partial charge in [0.25, 0.3) is 0 Å². The van der Waals surface area contributed by atoms with Gasteiger partial charge < -0.3 is 13.7 Å². The third-order valence-corrected chi connectivity index (χ3v) is 8.06. The number of hydrogen-bond acceptors (Lipinski definition) is 2. The number of methoxy groups -OCH3 is 1. The summed E-state index contributed by atoms with van der Waals surface area (Å²) in [5.74, 6) is 0.818. The number of rotatable bonds is 2. The molecule has 7 aromatic rings. The van der Waals surface area contributed by atoms with Crippen molar-refractivity contribution >= 4 is 66.1 Å². The molecule has 0 fully saturated rings. The summed E-state index contributed by atoms with van der Waals surface area (Å²) < 4.78 is 14.4. The Morgan fingerprint density at radius 3 is 2.37 bits per heavy atom. The van der Waals surface area contributed by atoms with Crippen LogP contribution in [0.1, 0.15) is 31.9 Å². The molecule has 0 saturated heterocycles. The van der Waals surface area contributed by atoms with Crippen LogP contribution in [-0.2, 0) is 5.41 Å². The molecule has 4 heteroatoms. The lowest BCUT2D eigenvalue weighted by Gasteiger charge is -2.19. The molecule has 0 saturated carbocycles. The fraction of sp³-hybridized carbons (Fsp3) is 0.176. The lowest BCUT2D eigenvalue weighted by Crippen LogP contribution is -2.10. The molecule has 0 amide bonds. The van der Waals surface area contributed by atoms with Crippen LogP contribution in [0.15, 0.2) is 83.3 Å². The minimum absolute atomic E-state index is 0.0175. The van der Waals surface area contributed by atoms with Crippen LogP contribution in [0.2, 0.25) is 5.02 Å². The van der Waals surface area contributed by atoms with Gasteiger partial charge >= 0.3 is 0 Å². The number of aromatic nitrogens is 1. The molecule has 0 aliphatic heterocycles. The number of furan rings is 1. The molecule has 0 N–H and O–H groups in total. The Bertz CT molecular complexity index is 2070. The minimum atomic E-state index is 0.0175. The first-order valence-corrected chi connectivity index (χ1v) is 13.3. The average Bonchev–Trinajstić information content (AvgIpc) is 3.44. The number of benzene rings is 5. The molecular weight excluding hydrogens is 490 g/mol. The first kappa shape index (κ1) is 23.2. The van der Waals surface area contributed by atoms with E-state index >= 15 is 0 Å². The van der Waals surface area contributed by atoms with Gasteiger partial charge in [0.1, 0.15) is 16.9 Å². The molecule has 2 aromatic heterocycles. The monoisotopic (exact) mass is 517 g/mol. The molecule has 0 bridgehead atoms. The predicted octanol–water partition coefficient (Wildman–Crippen LogP) is 10.1. The highest BCUT2D eigenvalue weighted by Gasteiger charge is 2.22. The van der Waals surface area contributed by atoms with Crippen molar-refractivity contribution in [1.29, 1.82) is 0 Å². The highest BCUT2D eigenvalue weighted by atomic mass is 35.5. The van der Waals surface area contributed by atoms with E-state index in [0.717, 1.165) is 60.6 Å². The summed E-state index contributed by atoms with van der Waals surface area (Å²) >= 11 is 6.94. The first-order valence-electron chi connectivity index (χ1n) is 12.9. The molecule has 38 heavy (non-hydrogen) atoms. The Balaban J connectivity index is 1.61. The zero-order chi connectivity index (χ0) is 26.3. The van der Waals surface area contributed by atoms with Gasteiger partial charge in [-0.2, -0.15) is 0 Å². The molecular formula is C34H28ClNO2. The Morgan fingerprint density at radius 2 is 1.58 bits per heavy atom. The van der Waals surface area contributed by atoms with E-state index in [1.54, 1.807) is 7.11 Å². The quantitative estimate of drug-likeness (QED) is 0.228. The van der Waals surface area contributed by atoms with Gasteiger partial charge in [-0.15, -0.1) is 0 Å². The summed E-state index contributed by atoms with van der Waals surface area (Å²) in [6.45, 7) is 8.81. The van der Waals surface area contributed by atoms with Crippen LogP contribution < -0.4 is 4.74 Å². The van der Waals surface area contributed by atoms with Gasteiger partial charge in [-0.25, -0.2) is 0 Å². The van der Waals surface area contributed by atoms with Crippen molar-refractivity contribution in [3.63, 3.8) is 0 Å². The van der Waals surface area contributed by atoms with Crippen molar-refractivity contribution < 1.29 is 9.15 Å². The molecule has 2 heterocycles. The van der Waals surface area contributed by atoms with E-state index in [1.165, 1.54) is 16.5 Å². The minimum Gasteiger partial charge on any atom is -0.496 e. The summed E-state index contributed by atoms with van der Waals surface area (Å²) in [5.41, 5.74) is 7.37. The van der Waals surface area contributed by atoms with Gasteiger partial charge in [-0.05, 0) is 82.8 Å². The zero-order valence-electron chi connectivity index (χ0n) is 22.1. The highest BCUT2D eigenvalue weighted by molar-refractivity contribution is 6.37. The number of halogens is 1. The molecule has 0 atom stereocenters. The fourth-order valence-corrected chi connectivity index (χ4v) is 6.05. The molecule has 0 spiro atoms. The molecule has 5 aromatic carbocycles. The molecule has 0 unspecified atom stereocenters. The van der Waals surface area contributed by atoms with E-state index in [-0.39, 0.29) is 5.41 Å². The van der Waals surface area contributed by atoms with E-state index in [1.807, 2.05) is 12.1 Å². The maximum atomic E-state index is 6.94. The van der Waals surface area contributed by atoms with Crippen LogP contribution in [0, 0.1) is 6.92 Å². The van der Waals surface area contributed by atoms with E-state index in [0.29, 0.717) is 5.02 Å². The largest absolute Gasteiger partial charge is 0.496 e. The van der Waals surface area contributed by atoms with Crippen molar-refractivity contribution in [2.75, 3.05) is 7.11 Å². The van der Waals surface area contributed by atoms with Gasteiger partial charge in [0.15, 0.2) is 0 Å². The number of fused-ring (bicyclic) bond motifs is 8. The number of ether oxygens (including phenoxy) is 1. The van der Waals surface area contributed by atoms with Crippen LogP contribution in [0.25, 0.3) is 60.2 Å². The summed E-state index contributed by atoms with van der Waals surface area (Å²) in [6, 6.07) is 27.9. The van der Waals surface area contributed by atoms with Crippen LogP contribution in [0.4, 0.5) is 0 Å². The predicted molar refractivity (Wildman–Crippen MR) is 161 cm³/mol. The zero-order valence-corrected chi connectivity index (χ0v) is 22.9. The van der Waals surface area contributed by atoms with Crippen molar-refractivity contribution in [3.05, 3.63) is 95.0 Å². The van der Waals surface area contributed by atoms with E-state index < -0.39 is 0 Å². The maximum Gasteiger partial charge on any atom is 0.136 e. The van der Waals surface area contributed by atoms with Gasteiger partial charge in [-0.3, -0.25) is 0 Å². The second-order valence-electron chi connectivity index (χ2n) is 11.2. The SMILES string of the molecule is COc1ccc(Cl)c2c1c1cc(C(C)(C)C)ccc1n2-c1ccc2ccc3oc4cc(C)ccc4c3c2c1. The standard InChI is InChI=1S/C34H28ClNO2/c1-19-6-11-23-30(16-19)38-29-14-8-20-7-10-22(18-24(20)31(23)29)36-27-13-9-21(34(2,3)4)17-25(27)32-28(37-5)15-12-26(35)33(32)36/h6-18H,1-5H3. The molecule has 0 aliphatic carbocycles. The molecule has 3 nitrogen and oxygen atoms in total. The number of nitrogens with zero attached hydrogens (tertiary/aromatic N) is 1. The fourth-order valence-electron chi connectivity index (χ4n) is 5.81. The Labute approximate surface area is 226 Å². The molecule has 0 radical (unpaired) electrons. The second kappa shape index (κ2) is 8.02. The van der Waals surface area contributed by atoms with Crippen LogP contribution >= 0.6 is 11.6 Å². The lowest BCUT2D eigenvalue weighted by molar-refractivity contribution is 0.420. The number of hydrogen-bond donors (Lipinski definition) is 0. The van der Waals surface area contributed by atoms with Crippen LogP contribution in [0.5, 0.6) is 5.75 Å². The van der Waals surface area contributed by atoms with Crippen molar-refractivity contribution in [1.82, 2.24) is 4.57 Å². The smallest absolute Gasteiger partial charge is 0.136 e. The van der Waals surface area contributed by atoms with E-state index in [2.05, 4.69) is 99.0 Å². The van der Waals surface area contributed by atoms with Gasteiger partial charge in [0.2, 0.25) is 0 Å². The third-order valence-electron chi connectivity index (χ3n) is 7.76. The molecule has 0 aliphatic rings. The summed E-state index contributed by atoms with van der Waals surface area (Å²) in [4.78, 5) is 0. The maximum absolute atomic E-state index is 6.94. The van der Waals surface area contributed by atoms with E-state index in [9.17, 15) is 0 Å². The van der Waals surface area contributed by atoms with Gasteiger partial charge in [0.05, 0.1) is 28.6 Å². The van der Waals surface area contributed by atoms with Crippen molar-refractivity contribution in [2.45, 2.75) is 33.1 Å². The Morgan fingerprint density at radius 1 is 0.763 bits per heavy atom. The molecule has 7 rings (SSSR count). The third kappa shape index (κ3) is 3.28. The second-order valence-corrected chi connectivity index (χ2v) is 11.6. The van der Waals surface area contributed by atoms with E-state index in [4.69, 9.17) is 20.8 Å². The van der Waals surface area contributed by atoms with Gasteiger partial charge in [0, 0.05) is 21.8 Å².